The number of pyridine rings is 1. The summed E-state index contributed by atoms with van der Waals surface area (Å²) >= 11 is 0. The lowest BCUT2D eigenvalue weighted by Crippen LogP contribution is -2.13. The molecular weight excluding hydrogens is 264 g/mol. The SMILES string of the molecule is CC(=O)c1cc2c(c3ncccc13)NOc1ccccc1-2. The Morgan fingerprint density at radius 3 is 2.86 bits per heavy atom. The molecule has 0 amide bonds. The second-order valence-corrected chi connectivity index (χ2v) is 5.00. The number of para-hydroxylation sites is 1. The van der Waals surface area contributed by atoms with Crippen LogP contribution in [0.15, 0.2) is 48.7 Å². The summed E-state index contributed by atoms with van der Waals surface area (Å²) in [6.45, 7) is 1.58. The lowest BCUT2D eigenvalue weighted by Gasteiger charge is -2.23. The number of hydrogen-bond donors (Lipinski definition) is 1. The molecule has 2 aromatic carbocycles. The van der Waals surface area contributed by atoms with E-state index in [1.54, 1.807) is 13.1 Å². The predicted octanol–water partition coefficient (Wildman–Crippen LogP) is 3.82. The van der Waals surface area contributed by atoms with Crippen molar-refractivity contribution < 1.29 is 9.63 Å². The number of hydrogen-bond acceptors (Lipinski definition) is 4. The van der Waals surface area contributed by atoms with E-state index in [9.17, 15) is 4.79 Å². The molecule has 0 aliphatic carbocycles. The lowest BCUT2D eigenvalue weighted by molar-refractivity contribution is 0.101. The van der Waals surface area contributed by atoms with Crippen LogP contribution in [0.3, 0.4) is 0 Å². The van der Waals surface area contributed by atoms with Gasteiger partial charge in [-0.15, -0.1) is 0 Å². The average Bonchev–Trinajstić information content (AvgIpc) is 2.53. The van der Waals surface area contributed by atoms with Gasteiger partial charge in [0.1, 0.15) is 5.69 Å². The van der Waals surface area contributed by atoms with Crippen molar-refractivity contribution in [3.8, 4) is 16.9 Å². The van der Waals surface area contributed by atoms with Crippen LogP contribution in [0.2, 0.25) is 0 Å². The van der Waals surface area contributed by atoms with Gasteiger partial charge in [0.15, 0.2) is 11.5 Å². The molecule has 0 bridgehead atoms. The van der Waals surface area contributed by atoms with E-state index in [4.69, 9.17) is 4.84 Å². The highest BCUT2D eigenvalue weighted by atomic mass is 16.6. The van der Waals surface area contributed by atoms with Crippen molar-refractivity contribution in [3.63, 3.8) is 0 Å². The molecule has 21 heavy (non-hydrogen) atoms. The van der Waals surface area contributed by atoms with E-state index in [0.717, 1.165) is 33.5 Å². The Labute approximate surface area is 121 Å². The van der Waals surface area contributed by atoms with Crippen LogP contribution in [0.25, 0.3) is 22.0 Å². The van der Waals surface area contributed by atoms with Gasteiger partial charge >= 0.3 is 0 Å². The maximum atomic E-state index is 12.0. The van der Waals surface area contributed by atoms with Crippen molar-refractivity contribution in [3.05, 3.63) is 54.2 Å². The first-order valence-corrected chi connectivity index (χ1v) is 6.70. The Balaban J connectivity index is 2.14. The fourth-order valence-electron chi connectivity index (χ4n) is 2.73. The Bertz CT molecular complexity index is 887. The zero-order valence-corrected chi connectivity index (χ0v) is 11.4. The first-order valence-electron chi connectivity index (χ1n) is 6.70. The van der Waals surface area contributed by atoms with E-state index in [2.05, 4.69) is 10.5 Å². The Hall–Kier alpha value is -2.88. The summed E-state index contributed by atoms with van der Waals surface area (Å²) in [7, 11) is 0. The molecule has 0 fully saturated rings. The zero-order valence-electron chi connectivity index (χ0n) is 11.4. The van der Waals surface area contributed by atoms with Gasteiger partial charge in [0.2, 0.25) is 0 Å². The molecule has 2 heterocycles. The maximum absolute atomic E-state index is 12.0. The van der Waals surface area contributed by atoms with Crippen molar-refractivity contribution in [2.75, 3.05) is 5.48 Å². The lowest BCUT2D eigenvalue weighted by atomic mass is 9.94. The van der Waals surface area contributed by atoms with E-state index < -0.39 is 0 Å². The molecule has 1 N–H and O–H groups in total. The van der Waals surface area contributed by atoms with Crippen LogP contribution in [0.5, 0.6) is 5.75 Å². The van der Waals surface area contributed by atoms with E-state index in [1.165, 1.54) is 0 Å². The first-order chi connectivity index (χ1) is 10.3. The van der Waals surface area contributed by atoms with Gasteiger partial charge in [-0.05, 0) is 25.1 Å². The minimum Gasteiger partial charge on any atom is -0.381 e. The van der Waals surface area contributed by atoms with Crippen LogP contribution in [0, 0.1) is 0 Å². The predicted molar refractivity (Wildman–Crippen MR) is 81.4 cm³/mol. The van der Waals surface area contributed by atoms with Crippen LogP contribution in [0.4, 0.5) is 5.69 Å². The summed E-state index contributed by atoms with van der Waals surface area (Å²) in [5.41, 5.74) is 7.07. The molecule has 4 heteroatoms. The van der Waals surface area contributed by atoms with Gasteiger partial charge in [-0.2, -0.15) is 0 Å². The number of ketones is 1. The van der Waals surface area contributed by atoms with Crippen molar-refractivity contribution in [1.29, 1.82) is 0 Å². The number of benzene rings is 2. The van der Waals surface area contributed by atoms with E-state index in [-0.39, 0.29) is 5.78 Å². The topological polar surface area (TPSA) is 51.2 Å². The second-order valence-electron chi connectivity index (χ2n) is 5.00. The summed E-state index contributed by atoms with van der Waals surface area (Å²) in [6, 6.07) is 13.4. The van der Waals surface area contributed by atoms with Gasteiger partial charge in [0, 0.05) is 28.3 Å². The van der Waals surface area contributed by atoms with Crippen molar-refractivity contribution in [2.45, 2.75) is 6.92 Å². The molecule has 1 aliphatic rings. The van der Waals surface area contributed by atoms with Gasteiger partial charge in [-0.3, -0.25) is 9.78 Å². The molecule has 0 saturated carbocycles. The molecule has 1 aliphatic heterocycles. The number of anilines is 1. The summed E-state index contributed by atoms with van der Waals surface area (Å²) < 4.78 is 0. The number of aromatic nitrogens is 1. The maximum Gasteiger partial charge on any atom is 0.162 e. The van der Waals surface area contributed by atoms with Crippen LogP contribution >= 0.6 is 0 Å². The van der Waals surface area contributed by atoms with Crippen LogP contribution < -0.4 is 10.3 Å². The fourth-order valence-corrected chi connectivity index (χ4v) is 2.73. The number of nitrogens with one attached hydrogen (secondary N) is 1. The first kappa shape index (κ1) is 11.9. The van der Waals surface area contributed by atoms with E-state index in [1.807, 2.05) is 42.5 Å². The number of carbonyl (C=O) groups excluding carboxylic acids is 1. The van der Waals surface area contributed by atoms with E-state index in [0.29, 0.717) is 5.56 Å². The highest BCUT2D eigenvalue weighted by Crippen LogP contribution is 2.43. The van der Waals surface area contributed by atoms with Gasteiger partial charge in [0.25, 0.3) is 0 Å². The Kier molecular flexibility index (Phi) is 2.44. The molecule has 4 nitrogen and oxygen atoms in total. The number of Topliss-reactive ketones (excluding diaryl/α,β-unsaturated/α-hetero) is 1. The molecule has 1 aromatic heterocycles. The minimum absolute atomic E-state index is 0.0276. The van der Waals surface area contributed by atoms with Crippen molar-refractivity contribution in [1.82, 2.24) is 4.98 Å². The number of nitrogens with zero attached hydrogens (tertiary/aromatic N) is 1. The molecular formula is C17H12N2O2. The number of fused-ring (bicyclic) bond motifs is 5. The summed E-state index contributed by atoms with van der Waals surface area (Å²) in [5, 5.41) is 0.833. The average molecular weight is 276 g/mol. The molecule has 4 rings (SSSR count). The summed E-state index contributed by atoms with van der Waals surface area (Å²) in [4.78, 5) is 22.0. The molecule has 0 unspecified atom stereocenters. The largest absolute Gasteiger partial charge is 0.381 e. The summed E-state index contributed by atoms with van der Waals surface area (Å²) in [6.07, 6.45) is 1.72. The molecule has 3 aromatic rings. The molecule has 0 spiro atoms. The highest BCUT2D eigenvalue weighted by Gasteiger charge is 2.22. The third kappa shape index (κ3) is 1.69. The molecule has 0 saturated heterocycles. The van der Waals surface area contributed by atoms with Gasteiger partial charge in [-0.1, -0.05) is 24.3 Å². The minimum atomic E-state index is 0.0276. The van der Waals surface area contributed by atoms with Crippen LogP contribution in [-0.2, 0) is 0 Å². The van der Waals surface area contributed by atoms with Crippen LogP contribution in [0.1, 0.15) is 17.3 Å². The number of rotatable bonds is 1. The quantitative estimate of drug-likeness (QED) is 0.686. The third-order valence-electron chi connectivity index (χ3n) is 3.71. The summed E-state index contributed by atoms with van der Waals surface area (Å²) in [5.74, 6) is 0.773. The smallest absolute Gasteiger partial charge is 0.162 e. The highest BCUT2D eigenvalue weighted by molar-refractivity contribution is 6.13. The normalized spacial score (nSPS) is 12.0. The number of carbonyl (C=O) groups is 1. The van der Waals surface area contributed by atoms with Crippen molar-refractivity contribution in [2.24, 2.45) is 0 Å². The van der Waals surface area contributed by atoms with Gasteiger partial charge < -0.3 is 4.84 Å². The molecule has 0 radical (unpaired) electrons. The Morgan fingerprint density at radius 2 is 2.00 bits per heavy atom. The second kappa shape index (κ2) is 4.31. The van der Waals surface area contributed by atoms with Crippen LogP contribution in [-0.4, -0.2) is 10.8 Å². The zero-order chi connectivity index (χ0) is 14.4. The monoisotopic (exact) mass is 276 g/mol. The Morgan fingerprint density at radius 1 is 1.14 bits per heavy atom. The fraction of sp³-hybridized carbons (Fsp3) is 0.0588. The molecule has 102 valence electrons. The van der Waals surface area contributed by atoms with Gasteiger partial charge in [0.05, 0.1) is 5.52 Å². The molecule has 0 atom stereocenters. The third-order valence-corrected chi connectivity index (χ3v) is 3.71. The standard InChI is InChI=1S/C17H12N2O2/c1-10(20)13-9-14-11-5-2-3-7-15(11)21-19-17(14)16-12(13)6-4-8-18-16/h2-9,19H,1H3. The van der Waals surface area contributed by atoms with Gasteiger partial charge in [-0.25, -0.2) is 5.48 Å². The van der Waals surface area contributed by atoms with E-state index >= 15 is 0 Å². The van der Waals surface area contributed by atoms with Crippen molar-refractivity contribution >= 4 is 22.4 Å².